The van der Waals surface area contributed by atoms with Crippen LogP contribution in [0.5, 0.6) is 0 Å². The summed E-state index contributed by atoms with van der Waals surface area (Å²) in [7, 11) is -2.06. The molecule has 2 rings (SSSR count). The van der Waals surface area contributed by atoms with Gasteiger partial charge < -0.3 is 11.1 Å². The summed E-state index contributed by atoms with van der Waals surface area (Å²) in [4.78, 5) is 12.4. The molecule has 6 nitrogen and oxygen atoms in total. The van der Waals surface area contributed by atoms with Crippen molar-refractivity contribution < 1.29 is 13.2 Å². The van der Waals surface area contributed by atoms with Crippen LogP contribution in [0.4, 0.5) is 0 Å². The van der Waals surface area contributed by atoms with Gasteiger partial charge in [0, 0.05) is 12.0 Å². The molecule has 4 N–H and O–H groups in total. The van der Waals surface area contributed by atoms with Crippen molar-refractivity contribution in [2.75, 3.05) is 7.05 Å². The second-order valence-corrected chi connectivity index (χ2v) is 7.66. The summed E-state index contributed by atoms with van der Waals surface area (Å²) in [6.45, 7) is 1.88. The third-order valence-corrected chi connectivity index (χ3v) is 5.59. The molecule has 22 heavy (non-hydrogen) atoms. The normalized spacial score (nSPS) is 23.2. The molecule has 122 valence electrons. The van der Waals surface area contributed by atoms with Gasteiger partial charge in [-0.3, -0.25) is 4.79 Å². The summed E-state index contributed by atoms with van der Waals surface area (Å²) >= 11 is 0. The van der Waals surface area contributed by atoms with Crippen LogP contribution >= 0.6 is 0 Å². The quantitative estimate of drug-likeness (QED) is 0.748. The van der Waals surface area contributed by atoms with Crippen LogP contribution in [0.15, 0.2) is 29.2 Å². The van der Waals surface area contributed by atoms with Gasteiger partial charge in [-0.1, -0.05) is 12.1 Å². The van der Waals surface area contributed by atoms with Crippen molar-refractivity contribution in [1.82, 2.24) is 10.0 Å². The van der Waals surface area contributed by atoms with E-state index in [2.05, 4.69) is 10.0 Å². The molecule has 1 aliphatic rings. The Labute approximate surface area is 131 Å². The van der Waals surface area contributed by atoms with Crippen molar-refractivity contribution >= 4 is 15.9 Å². The fourth-order valence-electron chi connectivity index (χ4n) is 2.72. The smallest absolute Gasteiger partial charge is 0.240 e. The number of amides is 1. The van der Waals surface area contributed by atoms with E-state index in [-0.39, 0.29) is 28.8 Å². The molecular formula is C15H23N3O3S. The third-order valence-electron chi connectivity index (χ3n) is 4.16. The zero-order valence-corrected chi connectivity index (χ0v) is 13.7. The van der Waals surface area contributed by atoms with Gasteiger partial charge in [-0.05, 0) is 50.9 Å². The van der Waals surface area contributed by atoms with E-state index in [1.165, 1.54) is 19.2 Å². The van der Waals surface area contributed by atoms with E-state index in [0.29, 0.717) is 0 Å². The Morgan fingerprint density at radius 3 is 2.41 bits per heavy atom. The highest BCUT2D eigenvalue weighted by molar-refractivity contribution is 7.89. The molecule has 0 radical (unpaired) electrons. The molecule has 1 fully saturated rings. The van der Waals surface area contributed by atoms with E-state index in [0.717, 1.165) is 24.8 Å². The van der Waals surface area contributed by atoms with Gasteiger partial charge in [0.2, 0.25) is 15.9 Å². The average molecular weight is 325 g/mol. The molecule has 1 aliphatic carbocycles. The molecular weight excluding hydrogens is 302 g/mol. The minimum absolute atomic E-state index is 0.0126. The third kappa shape index (κ3) is 3.85. The Morgan fingerprint density at radius 1 is 1.27 bits per heavy atom. The van der Waals surface area contributed by atoms with Gasteiger partial charge in [0.15, 0.2) is 0 Å². The second kappa shape index (κ2) is 6.76. The van der Waals surface area contributed by atoms with E-state index < -0.39 is 10.0 Å². The van der Waals surface area contributed by atoms with Gasteiger partial charge in [-0.2, -0.15) is 0 Å². The van der Waals surface area contributed by atoms with Crippen molar-refractivity contribution in [1.29, 1.82) is 0 Å². The summed E-state index contributed by atoms with van der Waals surface area (Å²) in [6.07, 6.45) is 2.46. The summed E-state index contributed by atoms with van der Waals surface area (Å²) in [5, 5.41) is 2.97. The van der Waals surface area contributed by atoms with E-state index in [1.807, 2.05) is 6.92 Å². The number of carbonyl (C=O) groups is 1. The highest BCUT2D eigenvalue weighted by Gasteiger charge is 2.28. The van der Waals surface area contributed by atoms with E-state index in [9.17, 15) is 13.2 Å². The maximum absolute atomic E-state index is 12.2. The van der Waals surface area contributed by atoms with Crippen molar-refractivity contribution in [2.24, 2.45) is 11.7 Å². The lowest BCUT2D eigenvalue weighted by molar-refractivity contribution is -0.125. The summed E-state index contributed by atoms with van der Waals surface area (Å²) < 4.78 is 25.6. The maximum atomic E-state index is 12.2. The first-order chi connectivity index (χ1) is 10.3. The number of carbonyl (C=O) groups excluding carboxylic acids is 1. The molecule has 0 saturated heterocycles. The Hall–Kier alpha value is -1.44. The Bertz CT molecular complexity index is 628. The van der Waals surface area contributed by atoms with Gasteiger partial charge in [-0.25, -0.2) is 13.1 Å². The highest BCUT2D eigenvalue weighted by atomic mass is 32.2. The molecule has 0 bridgehead atoms. The van der Waals surface area contributed by atoms with Crippen LogP contribution in [0.3, 0.4) is 0 Å². The first-order valence-electron chi connectivity index (χ1n) is 7.43. The van der Waals surface area contributed by atoms with E-state index >= 15 is 0 Å². The van der Waals surface area contributed by atoms with Gasteiger partial charge in [0.05, 0.1) is 10.9 Å². The zero-order chi connectivity index (χ0) is 16.3. The first-order valence-corrected chi connectivity index (χ1v) is 8.91. The molecule has 0 aliphatic heterocycles. The molecule has 1 saturated carbocycles. The number of benzene rings is 1. The molecule has 1 aromatic carbocycles. The van der Waals surface area contributed by atoms with Gasteiger partial charge >= 0.3 is 0 Å². The van der Waals surface area contributed by atoms with Crippen molar-refractivity contribution in [2.45, 2.75) is 43.2 Å². The average Bonchev–Trinajstić information content (AvgIpc) is 2.94. The Balaban J connectivity index is 2.01. The van der Waals surface area contributed by atoms with Crippen LogP contribution in [0, 0.1) is 5.92 Å². The largest absolute Gasteiger partial charge is 0.349 e. The fraction of sp³-hybridized carbons (Fsp3) is 0.533. The van der Waals surface area contributed by atoms with Crippen molar-refractivity contribution in [3.8, 4) is 0 Å². The van der Waals surface area contributed by atoms with Crippen LogP contribution in [-0.2, 0) is 14.8 Å². The molecule has 0 heterocycles. The fourth-order valence-corrected chi connectivity index (χ4v) is 3.45. The van der Waals surface area contributed by atoms with E-state index in [4.69, 9.17) is 5.73 Å². The molecule has 3 atom stereocenters. The SMILES string of the molecule is CNS(=O)(=O)c1ccc(C(C)NC(=O)C2CCC(N)C2)cc1. The summed E-state index contributed by atoms with van der Waals surface area (Å²) in [5.41, 5.74) is 6.70. The van der Waals surface area contributed by atoms with Gasteiger partial charge in [0.1, 0.15) is 0 Å². The van der Waals surface area contributed by atoms with Crippen LogP contribution in [-0.4, -0.2) is 27.4 Å². The summed E-state index contributed by atoms with van der Waals surface area (Å²) in [6, 6.07) is 6.46. The molecule has 3 unspecified atom stereocenters. The highest BCUT2D eigenvalue weighted by Crippen LogP contribution is 2.25. The standard InChI is InChI=1S/C15H23N3O3S/c1-10(18-15(19)12-3-6-13(16)9-12)11-4-7-14(8-5-11)22(20,21)17-2/h4-5,7-8,10,12-13,17H,3,6,9,16H2,1-2H3,(H,18,19). The van der Waals surface area contributed by atoms with E-state index in [1.54, 1.807) is 12.1 Å². The molecule has 0 aromatic heterocycles. The first kappa shape index (κ1) is 16.9. The molecule has 1 aromatic rings. The minimum atomic E-state index is -3.43. The van der Waals surface area contributed by atoms with Gasteiger partial charge in [-0.15, -0.1) is 0 Å². The number of sulfonamides is 1. The second-order valence-electron chi connectivity index (χ2n) is 5.78. The van der Waals surface area contributed by atoms with Crippen LogP contribution in [0.1, 0.15) is 37.8 Å². The number of rotatable bonds is 5. The number of hydrogen-bond acceptors (Lipinski definition) is 4. The zero-order valence-electron chi connectivity index (χ0n) is 12.9. The predicted molar refractivity (Wildman–Crippen MR) is 84.6 cm³/mol. The molecule has 1 amide bonds. The minimum Gasteiger partial charge on any atom is -0.349 e. The van der Waals surface area contributed by atoms with Crippen LogP contribution in [0.25, 0.3) is 0 Å². The number of nitrogens with one attached hydrogen (secondary N) is 2. The van der Waals surface area contributed by atoms with Gasteiger partial charge in [0.25, 0.3) is 0 Å². The Kier molecular flexibility index (Phi) is 5.20. The lowest BCUT2D eigenvalue weighted by Gasteiger charge is -2.18. The lowest BCUT2D eigenvalue weighted by atomic mass is 10.0. The predicted octanol–water partition coefficient (Wildman–Crippen LogP) is 0.899. The summed E-state index contributed by atoms with van der Waals surface area (Å²) in [5.74, 6) is 0.00812. The Morgan fingerprint density at radius 2 is 1.91 bits per heavy atom. The number of nitrogens with two attached hydrogens (primary N) is 1. The van der Waals surface area contributed by atoms with Crippen molar-refractivity contribution in [3.63, 3.8) is 0 Å². The monoisotopic (exact) mass is 325 g/mol. The molecule has 7 heteroatoms. The van der Waals surface area contributed by atoms with Crippen molar-refractivity contribution in [3.05, 3.63) is 29.8 Å². The van der Waals surface area contributed by atoms with Crippen LogP contribution in [0.2, 0.25) is 0 Å². The molecule has 0 spiro atoms. The van der Waals surface area contributed by atoms with Crippen LogP contribution < -0.4 is 15.8 Å². The lowest BCUT2D eigenvalue weighted by Crippen LogP contribution is -2.32. The topological polar surface area (TPSA) is 101 Å². The maximum Gasteiger partial charge on any atom is 0.240 e. The number of hydrogen-bond donors (Lipinski definition) is 3.